The van der Waals surface area contributed by atoms with E-state index < -0.39 is 0 Å². The molecule has 4 nitrogen and oxygen atoms in total. The van der Waals surface area contributed by atoms with Crippen LogP contribution in [0.15, 0.2) is 16.8 Å². The summed E-state index contributed by atoms with van der Waals surface area (Å²) in [6, 6.07) is 1.90. The number of thiophene rings is 1. The maximum atomic E-state index is 11.7. The van der Waals surface area contributed by atoms with Gasteiger partial charge in [-0.2, -0.15) is 11.3 Å². The normalized spacial score (nSPS) is 20.6. The van der Waals surface area contributed by atoms with Gasteiger partial charge in [0.05, 0.1) is 13.2 Å². The fourth-order valence-corrected chi connectivity index (χ4v) is 2.33. The van der Waals surface area contributed by atoms with Crippen LogP contribution in [-0.2, 0) is 16.0 Å². The minimum Gasteiger partial charge on any atom is -0.378 e. The lowest BCUT2D eigenvalue weighted by molar-refractivity contribution is -0.125. The third-order valence-corrected chi connectivity index (χ3v) is 3.26. The highest BCUT2D eigenvalue weighted by atomic mass is 32.1. The van der Waals surface area contributed by atoms with E-state index >= 15 is 0 Å². The molecule has 0 aromatic carbocycles. The molecule has 1 unspecified atom stereocenters. The zero-order chi connectivity index (χ0) is 11.2. The predicted molar refractivity (Wildman–Crippen MR) is 63.6 cm³/mol. The average Bonchev–Trinajstić information content (AvgIpc) is 2.83. The number of rotatable bonds is 4. The van der Waals surface area contributed by atoms with Crippen molar-refractivity contribution in [2.45, 2.75) is 12.5 Å². The van der Waals surface area contributed by atoms with Crippen LogP contribution in [0.3, 0.4) is 0 Å². The lowest BCUT2D eigenvalue weighted by atomic mass is 10.2. The van der Waals surface area contributed by atoms with E-state index in [0.29, 0.717) is 19.8 Å². The first-order chi connectivity index (χ1) is 7.86. The van der Waals surface area contributed by atoms with Crippen LogP contribution in [0.2, 0.25) is 0 Å². The highest BCUT2D eigenvalue weighted by molar-refractivity contribution is 7.07. The van der Waals surface area contributed by atoms with Crippen LogP contribution in [0.5, 0.6) is 0 Å². The van der Waals surface area contributed by atoms with Gasteiger partial charge in [-0.3, -0.25) is 4.79 Å². The third kappa shape index (κ3) is 3.30. The molecule has 2 rings (SSSR count). The summed E-state index contributed by atoms with van der Waals surface area (Å²) in [4.78, 5) is 11.7. The van der Waals surface area contributed by atoms with E-state index in [0.717, 1.165) is 13.0 Å². The van der Waals surface area contributed by atoms with Gasteiger partial charge in [-0.05, 0) is 28.8 Å². The number of hydrogen-bond acceptors (Lipinski definition) is 4. The summed E-state index contributed by atoms with van der Waals surface area (Å²) in [5.74, 6) is 0.0370. The van der Waals surface area contributed by atoms with Crippen molar-refractivity contribution in [3.63, 3.8) is 0 Å². The third-order valence-electron chi connectivity index (χ3n) is 2.53. The molecule has 1 aromatic heterocycles. The Morgan fingerprint density at radius 1 is 1.69 bits per heavy atom. The molecule has 1 amide bonds. The van der Waals surface area contributed by atoms with E-state index in [4.69, 9.17) is 4.74 Å². The second kappa shape index (κ2) is 5.98. The average molecular weight is 240 g/mol. The van der Waals surface area contributed by atoms with Crippen molar-refractivity contribution in [1.82, 2.24) is 10.6 Å². The van der Waals surface area contributed by atoms with Crippen molar-refractivity contribution in [2.24, 2.45) is 0 Å². The van der Waals surface area contributed by atoms with E-state index in [1.165, 1.54) is 5.56 Å². The maximum Gasteiger partial charge on any atom is 0.239 e. The smallest absolute Gasteiger partial charge is 0.239 e. The van der Waals surface area contributed by atoms with Crippen LogP contribution in [0, 0.1) is 0 Å². The molecule has 1 aliphatic heterocycles. The summed E-state index contributed by atoms with van der Waals surface area (Å²) in [6.45, 7) is 2.61. The lowest BCUT2D eigenvalue weighted by Gasteiger charge is -2.22. The predicted octanol–water partition coefficient (Wildman–Crippen LogP) is 0.395. The molecule has 2 N–H and O–H groups in total. The first-order valence-corrected chi connectivity index (χ1v) is 6.40. The zero-order valence-electron chi connectivity index (χ0n) is 9.07. The van der Waals surface area contributed by atoms with Crippen molar-refractivity contribution < 1.29 is 9.53 Å². The zero-order valence-corrected chi connectivity index (χ0v) is 9.89. The molecule has 2 heterocycles. The number of amides is 1. The fourth-order valence-electron chi connectivity index (χ4n) is 1.62. The molecule has 1 aromatic rings. The Balaban J connectivity index is 1.67. The summed E-state index contributed by atoms with van der Waals surface area (Å²) < 4.78 is 5.23. The van der Waals surface area contributed by atoms with Gasteiger partial charge in [-0.25, -0.2) is 0 Å². The minimum absolute atomic E-state index is 0.0370. The van der Waals surface area contributed by atoms with E-state index in [-0.39, 0.29) is 11.9 Å². The molecular weight excluding hydrogens is 224 g/mol. The van der Waals surface area contributed by atoms with Crippen LogP contribution < -0.4 is 10.6 Å². The van der Waals surface area contributed by atoms with Gasteiger partial charge in [0.25, 0.3) is 0 Å². The maximum absolute atomic E-state index is 11.7. The van der Waals surface area contributed by atoms with Crippen LogP contribution >= 0.6 is 11.3 Å². The molecule has 0 spiro atoms. The number of hydrogen-bond donors (Lipinski definition) is 2. The van der Waals surface area contributed by atoms with Gasteiger partial charge in [0.1, 0.15) is 6.04 Å². The first kappa shape index (κ1) is 11.6. The van der Waals surface area contributed by atoms with Crippen LogP contribution in [0.4, 0.5) is 0 Å². The van der Waals surface area contributed by atoms with Crippen molar-refractivity contribution in [1.29, 1.82) is 0 Å². The largest absolute Gasteiger partial charge is 0.378 e. The van der Waals surface area contributed by atoms with E-state index in [1.807, 2.05) is 5.38 Å². The molecule has 1 saturated heterocycles. The Morgan fingerprint density at radius 3 is 3.31 bits per heavy atom. The summed E-state index contributed by atoms with van der Waals surface area (Å²) in [5.41, 5.74) is 1.28. The molecule has 1 aliphatic rings. The molecular formula is C11H16N2O2S. The van der Waals surface area contributed by atoms with Crippen molar-refractivity contribution in [2.75, 3.05) is 26.3 Å². The summed E-state index contributed by atoms with van der Waals surface area (Å²) in [6.07, 6.45) is 0.892. The molecule has 0 radical (unpaired) electrons. The molecule has 16 heavy (non-hydrogen) atoms. The first-order valence-electron chi connectivity index (χ1n) is 5.46. The minimum atomic E-state index is -0.184. The second-order valence-electron chi connectivity index (χ2n) is 3.75. The Hall–Kier alpha value is -0.910. The topological polar surface area (TPSA) is 50.4 Å². The molecule has 0 saturated carbocycles. The Morgan fingerprint density at radius 2 is 2.62 bits per heavy atom. The molecule has 0 aliphatic carbocycles. The van der Waals surface area contributed by atoms with E-state index in [2.05, 4.69) is 22.1 Å². The Bertz CT molecular complexity index is 321. The standard InChI is InChI=1S/C11H16N2O2S/c14-11(10-7-15-5-4-12-10)13-3-1-9-2-6-16-8-9/h2,6,8,10,12H,1,3-5,7H2,(H,13,14). The van der Waals surface area contributed by atoms with Gasteiger partial charge >= 0.3 is 0 Å². The molecule has 88 valence electrons. The van der Waals surface area contributed by atoms with Crippen LogP contribution in [0.1, 0.15) is 5.56 Å². The fraction of sp³-hybridized carbons (Fsp3) is 0.545. The van der Waals surface area contributed by atoms with Gasteiger partial charge in [0.2, 0.25) is 5.91 Å². The van der Waals surface area contributed by atoms with Gasteiger partial charge < -0.3 is 15.4 Å². The van der Waals surface area contributed by atoms with Crippen molar-refractivity contribution in [3.05, 3.63) is 22.4 Å². The summed E-state index contributed by atoms with van der Waals surface area (Å²) in [7, 11) is 0. The monoisotopic (exact) mass is 240 g/mol. The van der Waals surface area contributed by atoms with Gasteiger partial charge in [-0.1, -0.05) is 0 Å². The second-order valence-corrected chi connectivity index (χ2v) is 4.53. The molecule has 5 heteroatoms. The number of ether oxygens (including phenoxy) is 1. The summed E-state index contributed by atoms with van der Waals surface area (Å²) >= 11 is 1.68. The Labute approximate surface area is 99.0 Å². The Kier molecular flexibility index (Phi) is 4.33. The quantitative estimate of drug-likeness (QED) is 0.801. The molecule has 1 fully saturated rings. The number of morpholine rings is 1. The number of carbonyl (C=O) groups is 1. The van der Waals surface area contributed by atoms with Crippen LogP contribution in [0.25, 0.3) is 0 Å². The van der Waals surface area contributed by atoms with Gasteiger partial charge in [-0.15, -0.1) is 0 Å². The lowest BCUT2D eigenvalue weighted by Crippen LogP contribution is -2.51. The van der Waals surface area contributed by atoms with Crippen molar-refractivity contribution in [3.8, 4) is 0 Å². The van der Waals surface area contributed by atoms with Crippen molar-refractivity contribution >= 4 is 17.2 Å². The highest BCUT2D eigenvalue weighted by Crippen LogP contribution is 2.05. The SMILES string of the molecule is O=C(NCCc1ccsc1)C1COCCN1. The molecule has 0 bridgehead atoms. The summed E-state index contributed by atoms with van der Waals surface area (Å²) in [5, 5.41) is 10.2. The number of nitrogens with one attached hydrogen (secondary N) is 2. The highest BCUT2D eigenvalue weighted by Gasteiger charge is 2.20. The van der Waals surface area contributed by atoms with Gasteiger partial charge in [0.15, 0.2) is 0 Å². The van der Waals surface area contributed by atoms with Crippen LogP contribution in [-0.4, -0.2) is 38.3 Å². The van der Waals surface area contributed by atoms with Gasteiger partial charge in [0, 0.05) is 13.1 Å². The van der Waals surface area contributed by atoms with E-state index in [1.54, 1.807) is 11.3 Å². The number of carbonyl (C=O) groups excluding carboxylic acids is 1. The molecule has 1 atom stereocenters. The van der Waals surface area contributed by atoms with E-state index in [9.17, 15) is 4.79 Å².